The van der Waals surface area contributed by atoms with Crippen molar-refractivity contribution in [3.63, 3.8) is 0 Å². The molecule has 0 aliphatic rings. The van der Waals surface area contributed by atoms with Gasteiger partial charge in [0.15, 0.2) is 23.0 Å². The molecule has 2 rings (SSSR count). The van der Waals surface area contributed by atoms with E-state index in [1.807, 2.05) is 0 Å². The Balaban J connectivity index is 2.50. The summed E-state index contributed by atoms with van der Waals surface area (Å²) >= 11 is 0. The molecule has 0 saturated carbocycles. The Kier molecular flexibility index (Phi) is 6.09. The standard InChI is InChI=1S/C19H19F3O5/c1-11(13-9-16(24-3)18(26-5)17(10-13)25-4)12-6-7-14(23-2)15(8-12)27-19(20,21)22/h6-10H,1H2,2-5H3. The van der Waals surface area contributed by atoms with E-state index >= 15 is 0 Å². The smallest absolute Gasteiger partial charge is 0.493 e. The second kappa shape index (κ2) is 8.11. The number of hydrogen-bond donors (Lipinski definition) is 0. The minimum absolute atomic E-state index is 0.0474. The summed E-state index contributed by atoms with van der Waals surface area (Å²) in [5, 5.41) is 0. The van der Waals surface area contributed by atoms with Gasteiger partial charge in [-0.05, 0) is 41.0 Å². The van der Waals surface area contributed by atoms with Gasteiger partial charge in [0.1, 0.15) is 0 Å². The predicted molar refractivity (Wildman–Crippen MR) is 93.9 cm³/mol. The Morgan fingerprint density at radius 1 is 0.741 bits per heavy atom. The first kappa shape index (κ1) is 20.3. The fourth-order valence-electron chi connectivity index (χ4n) is 2.49. The number of halogens is 3. The van der Waals surface area contributed by atoms with Crippen LogP contribution in [0.15, 0.2) is 36.9 Å². The van der Waals surface area contributed by atoms with Crippen LogP contribution in [-0.4, -0.2) is 34.8 Å². The maximum absolute atomic E-state index is 12.6. The molecule has 146 valence electrons. The molecule has 0 N–H and O–H groups in total. The van der Waals surface area contributed by atoms with Gasteiger partial charge in [-0.1, -0.05) is 12.6 Å². The predicted octanol–water partition coefficient (Wildman–Crippen LogP) is 4.68. The van der Waals surface area contributed by atoms with E-state index in [4.69, 9.17) is 18.9 Å². The highest BCUT2D eigenvalue weighted by Gasteiger charge is 2.32. The number of hydrogen-bond acceptors (Lipinski definition) is 5. The van der Waals surface area contributed by atoms with E-state index in [0.29, 0.717) is 33.9 Å². The third-order valence-corrected chi connectivity index (χ3v) is 3.75. The van der Waals surface area contributed by atoms with Crippen LogP contribution in [-0.2, 0) is 0 Å². The molecule has 2 aromatic rings. The minimum atomic E-state index is -4.85. The van der Waals surface area contributed by atoms with Crippen molar-refractivity contribution < 1.29 is 36.9 Å². The van der Waals surface area contributed by atoms with Gasteiger partial charge in [0, 0.05) is 0 Å². The second-order valence-electron chi connectivity index (χ2n) is 5.31. The molecule has 0 aliphatic carbocycles. The summed E-state index contributed by atoms with van der Waals surface area (Å²) in [5.74, 6) is 0.679. The molecule has 0 heterocycles. The molecule has 0 aliphatic heterocycles. The molecule has 27 heavy (non-hydrogen) atoms. The van der Waals surface area contributed by atoms with E-state index in [2.05, 4.69) is 11.3 Å². The van der Waals surface area contributed by atoms with Crippen molar-refractivity contribution in [2.75, 3.05) is 28.4 Å². The molecule has 0 saturated heterocycles. The summed E-state index contributed by atoms with van der Waals surface area (Å²) in [6.45, 7) is 3.97. The molecular formula is C19H19F3O5. The first-order chi connectivity index (χ1) is 12.7. The van der Waals surface area contributed by atoms with Gasteiger partial charge < -0.3 is 23.7 Å². The monoisotopic (exact) mass is 384 g/mol. The number of rotatable bonds is 7. The van der Waals surface area contributed by atoms with Gasteiger partial charge >= 0.3 is 6.36 Å². The quantitative estimate of drug-likeness (QED) is 0.694. The topological polar surface area (TPSA) is 46.2 Å². The average molecular weight is 384 g/mol. The Labute approximate surface area is 154 Å². The van der Waals surface area contributed by atoms with Crippen LogP contribution in [0.5, 0.6) is 28.7 Å². The van der Waals surface area contributed by atoms with Gasteiger partial charge in [-0.3, -0.25) is 0 Å². The van der Waals surface area contributed by atoms with Crippen LogP contribution >= 0.6 is 0 Å². The fourth-order valence-corrected chi connectivity index (χ4v) is 2.49. The fraction of sp³-hybridized carbons (Fsp3) is 0.263. The molecule has 0 fully saturated rings. The van der Waals surface area contributed by atoms with Crippen LogP contribution in [0, 0.1) is 0 Å². The van der Waals surface area contributed by atoms with Gasteiger partial charge in [0.2, 0.25) is 5.75 Å². The molecule has 2 aromatic carbocycles. The van der Waals surface area contributed by atoms with Crippen LogP contribution in [0.3, 0.4) is 0 Å². The SMILES string of the molecule is C=C(c1ccc(OC)c(OC(F)(F)F)c1)c1cc(OC)c(OC)c(OC)c1. The van der Waals surface area contributed by atoms with E-state index in [0.717, 1.165) is 0 Å². The van der Waals surface area contributed by atoms with Crippen LogP contribution < -0.4 is 23.7 Å². The summed E-state index contributed by atoms with van der Waals surface area (Å²) in [7, 11) is 5.66. The maximum Gasteiger partial charge on any atom is 0.573 e. The van der Waals surface area contributed by atoms with Crippen molar-refractivity contribution in [1.82, 2.24) is 0 Å². The Morgan fingerprint density at radius 2 is 1.26 bits per heavy atom. The van der Waals surface area contributed by atoms with E-state index in [1.165, 1.54) is 40.6 Å². The van der Waals surface area contributed by atoms with Crippen molar-refractivity contribution in [3.8, 4) is 28.7 Å². The summed E-state index contributed by atoms with van der Waals surface area (Å²) in [5.41, 5.74) is 1.42. The van der Waals surface area contributed by atoms with Gasteiger partial charge in [-0.15, -0.1) is 13.2 Å². The summed E-state index contributed by atoms with van der Waals surface area (Å²) in [6, 6.07) is 7.46. The van der Waals surface area contributed by atoms with Crippen molar-refractivity contribution in [1.29, 1.82) is 0 Å². The highest BCUT2D eigenvalue weighted by Crippen LogP contribution is 2.42. The van der Waals surface area contributed by atoms with Gasteiger partial charge in [-0.25, -0.2) is 0 Å². The third-order valence-electron chi connectivity index (χ3n) is 3.75. The van der Waals surface area contributed by atoms with Gasteiger partial charge in [0.05, 0.1) is 28.4 Å². The first-order valence-corrected chi connectivity index (χ1v) is 7.67. The lowest BCUT2D eigenvalue weighted by atomic mass is 9.98. The van der Waals surface area contributed by atoms with Crippen LogP contribution in [0.2, 0.25) is 0 Å². The van der Waals surface area contributed by atoms with E-state index in [9.17, 15) is 13.2 Å². The molecule has 8 heteroatoms. The molecule has 0 unspecified atom stereocenters. The summed E-state index contributed by atoms with van der Waals surface area (Å²) in [6.07, 6.45) is -4.85. The highest BCUT2D eigenvalue weighted by molar-refractivity contribution is 5.81. The van der Waals surface area contributed by atoms with Crippen molar-refractivity contribution in [2.45, 2.75) is 6.36 Å². The largest absolute Gasteiger partial charge is 0.573 e. The van der Waals surface area contributed by atoms with Gasteiger partial charge in [0.25, 0.3) is 0 Å². The summed E-state index contributed by atoms with van der Waals surface area (Å²) < 4.78 is 62.8. The lowest BCUT2D eigenvalue weighted by Gasteiger charge is -2.17. The normalized spacial score (nSPS) is 10.9. The summed E-state index contributed by atoms with van der Waals surface area (Å²) in [4.78, 5) is 0. The zero-order valence-electron chi connectivity index (χ0n) is 15.3. The molecule has 0 radical (unpaired) electrons. The van der Waals surface area contributed by atoms with Crippen molar-refractivity contribution in [2.24, 2.45) is 0 Å². The zero-order chi connectivity index (χ0) is 20.2. The zero-order valence-corrected chi connectivity index (χ0v) is 15.3. The first-order valence-electron chi connectivity index (χ1n) is 7.67. The molecule has 0 amide bonds. The van der Waals surface area contributed by atoms with E-state index in [1.54, 1.807) is 18.2 Å². The van der Waals surface area contributed by atoms with Crippen LogP contribution in [0.1, 0.15) is 11.1 Å². The minimum Gasteiger partial charge on any atom is -0.493 e. The van der Waals surface area contributed by atoms with E-state index in [-0.39, 0.29) is 5.75 Å². The molecule has 0 spiro atoms. The molecule has 0 atom stereocenters. The Bertz CT molecular complexity index is 806. The number of alkyl halides is 3. The second-order valence-corrected chi connectivity index (χ2v) is 5.31. The molecule has 5 nitrogen and oxygen atoms in total. The molecular weight excluding hydrogens is 365 g/mol. The Morgan fingerprint density at radius 3 is 1.70 bits per heavy atom. The third kappa shape index (κ3) is 4.58. The van der Waals surface area contributed by atoms with Crippen LogP contribution in [0.4, 0.5) is 13.2 Å². The number of ether oxygens (including phenoxy) is 5. The van der Waals surface area contributed by atoms with Crippen LogP contribution in [0.25, 0.3) is 5.57 Å². The van der Waals surface area contributed by atoms with Crippen molar-refractivity contribution >= 4 is 5.57 Å². The molecule has 0 aromatic heterocycles. The lowest BCUT2D eigenvalue weighted by molar-refractivity contribution is -0.275. The van der Waals surface area contributed by atoms with E-state index < -0.39 is 12.1 Å². The molecule has 0 bridgehead atoms. The van der Waals surface area contributed by atoms with Crippen molar-refractivity contribution in [3.05, 3.63) is 48.0 Å². The number of benzene rings is 2. The highest BCUT2D eigenvalue weighted by atomic mass is 19.4. The lowest BCUT2D eigenvalue weighted by Crippen LogP contribution is -2.17. The number of methoxy groups -OCH3 is 4. The van der Waals surface area contributed by atoms with Gasteiger partial charge in [-0.2, -0.15) is 0 Å². The Hall–Kier alpha value is -3.03. The maximum atomic E-state index is 12.6. The average Bonchev–Trinajstić information content (AvgIpc) is 2.64.